The van der Waals surface area contributed by atoms with Crippen molar-refractivity contribution in [2.75, 3.05) is 12.4 Å². The van der Waals surface area contributed by atoms with Crippen molar-refractivity contribution >= 4 is 40.4 Å². The standard InChI is InChI=1S/C21H20Cl2N4O/c1-27-11-15(19-17(22)6-3-7-18(19)23)9-14-10-24-21(26-20(14)27)25-16-5-2-4-13(8-16)12-28/h2-8,10-11,20,28H,9,12H2,1H3,(H2,24,25,26). The first-order valence-corrected chi connectivity index (χ1v) is 9.68. The predicted molar refractivity (Wildman–Crippen MR) is 115 cm³/mol. The van der Waals surface area contributed by atoms with Crippen molar-refractivity contribution in [2.24, 2.45) is 4.99 Å². The van der Waals surface area contributed by atoms with E-state index >= 15 is 0 Å². The smallest absolute Gasteiger partial charge is 0.202 e. The third kappa shape index (κ3) is 3.74. The van der Waals surface area contributed by atoms with E-state index in [1.165, 1.54) is 0 Å². The number of hydrogen-bond acceptors (Lipinski definition) is 5. The largest absolute Gasteiger partial charge is 0.392 e. The summed E-state index contributed by atoms with van der Waals surface area (Å²) in [4.78, 5) is 6.61. The second kappa shape index (κ2) is 7.87. The molecule has 0 spiro atoms. The van der Waals surface area contributed by atoms with Gasteiger partial charge in [-0.05, 0) is 41.0 Å². The molecule has 0 amide bonds. The van der Waals surface area contributed by atoms with Crippen molar-refractivity contribution in [1.29, 1.82) is 0 Å². The van der Waals surface area contributed by atoms with Crippen LogP contribution in [0.25, 0.3) is 5.57 Å². The fourth-order valence-electron chi connectivity index (χ4n) is 3.48. The molecule has 2 aromatic carbocycles. The predicted octanol–water partition coefficient (Wildman–Crippen LogP) is 4.44. The molecular formula is C21H20Cl2N4O. The maximum atomic E-state index is 9.30. The second-order valence-corrected chi connectivity index (χ2v) is 7.62. The molecule has 0 radical (unpaired) electrons. The van der Waals surface area contributed by atoms with Gasteiger partial charge in [0, 0.05) is 47.2 Å². The van der Waals surface area contributed by atoms with E-state index in [4.69, 9.17) is 23.2 Å². The zero-order valence-corrected chi connectivity index (χ0v) is 16.8. The summed E-state index contributed by atoms with van der Waals surface area (Å²) in [7, 11) is 2.00. The molecule has 2 aliphatic heterocycles. The number of nitrogens with zero attached hydrogens (tertiary/aromatic N) is 2. The third-order valence-corrected chi connectivity index (χ3v) is 5.43. The minimum Gasteiger partial charge on any atom is -0.392 e. The highest BCUT2D eigenvalue weighted by molar-refractivity contribution is 6.37. The number of rotatable bonds is 3. The SMILES string of the molecule is CN1C=C(c2c(Cl)cccc2Cl)CC2=CN=C(Nc3cccc(CO)c3)NC21. The lowest BCUT2D eigenvalue weighted by molar-refractivity contribution is 0.282. The molecule has 0 bridgehead atoms. The number of nitrogens with one attached hydrogen (secondary N) is 2. The highest BCUT2D eigenvalue weighted by atomic mass is 35.5. The van der Waals surface area contributed by atoms with Crippen molar-refractivity contribution in [3.63, 3.8) is 0 Å². The molecule has 0 aliphatic carbocycles. The first kappa shape index (κ1) is 18.9. The molecule has 1 atom stereocenters. The van der Waals surface area contributed by atoms with Crippen LogP contribution in [-0.4, -0.2) is 29.2 Å². The summed E-state index contributed by atoms with van der Waals surface area (Å²) in [5.74, 6) is 0.656. The number of aliphatic hydroxyl groups is 1. The van der Waals surface area contributed by atoms with Crippen LogP contribution in [0, 0.1) is 0 Å². The maximum Gasteiger partial charge on any atom is 0.202 e. The van der Waals surface area contributed by atoms with Crippen LogP contribution >= 0.6 is 23.2 Å². The van der Waals surface area contributed by atoms with Gasteiger partial charge in [-0.2, -0.15) is 0 Å². The number of aliphatic hydroxyl groups excluding tert-OH is 1. The maximum absolute atomic E-state index is 9.30. The fraction of sp³-hybridized carbons (Fsp3) is 0.190. The van der Waals surface area contributed by atoms with Crippen LogP contribution in [0.4, 0.5) is 5.69 Å². The normalized spacial score (nSPS) is 18.5. The number of anilines is 1. The first-order valence-electron chi connectivity index (χ1n) is 8.92. The number of aliphatic imine (C=N–C) groups is 1. The molecule has 0 fully saturated rings. The van der Waals surface area contributed by atoms with Gasteiger partial charge in [-0.1, -0.05) is 41.4 Å². The van der Waals surface area contributed by atoms with Crippen molar-refractivity contribution in [2.45, 2.75) is 19.2 Å². The molecule has 5 nitrogen and oxygen atoms in total. The van der Waals surface area contributed by atoms with Gasteiger partial charge in [0.15, 0.2) is 0 Å². The zero-order chi connectivity index (χ0) is 19.7. The van der Waals surface area contributed by atoms with Gasteiger partial charge < -0.3 is 20.6 Å². The lowest BCUT2D eigenvalue weighted by Crippen LogP contribution is -2.50. The topological polar surface area (TPSA) is 59.9 Å². The summed E-state index contributed by atoms with van der Waals surface area (Å²) >= 11 is 12.8. The van der Waals surface area contributed by atoms with Gasteiger partial charge in [0.05, 0.1) is 6.61 Å². The highest BCUT2D eigenvalue weighted by Gasteiger charge is 2.29. The van der Waals surface area contributed by atoms with Gasteiger partial charge in [-0.15, -0.1) is 0 Å². The van der Waals surface area contributed by atoms with E-state index in [2.05, 4.69) is 26.7 Å². The molecule has 2 aromatic rings. The highest BCUT2D eigenvalue weighted by Crippen LogP contribution is 2.38. The summed E-state index contributed by atoms with van der Waals surface area (Å²) in [6.45, 7) is 0.00299. The molecule has 3 N–H and O–H groups in total. The van der Waals surface area contributed by atoms with Gasteiger partial charge >= 0.3 is 0 Å². The average molecular weight is 415 g/mol. The van der Waals surface area contributed by atoms with Crippen molar-refractivity contribution in [1.82, 2.24) is 10.2 Å². The molecule has 4 rings (SSSR count). The molecule has 28 heavy (non-hydrogen) atoms. The Bertz CT molecular complexity index is 979. The first-order chi connectivity index (χ1) is 13.5. The van der Waals surface area contributed by atoms with E-state index in [9.17, 15) is 5.11 Å². The number of fused-ring (bicyclic) bond motifs is 1. The summed E-state index contributed by atoms with van der Waals surface area (Å²) in [6.07, 6.45) is 4.65. The molecule has 2 aliphatic rings. The van der Waals surface area contributed by atoms with Gasteiger partial charge in [-0.25, -0.2) is 4.99 Å². The van der Waals surface area contributed by atoms with Gasteiger partial charge in [0.25, 0.3) is 0 Å². The van der Waals surface area contributed by atoms with E-state index in [1.807, 2.05) is 55.7 Å². The summed E-state index contributed by atoms with van der Waals surface area (Å²) in [5, 5.41) is 17.3. The fourth-order valence-corrected chi connectivity index (χ4v) is 4.12. The Morgan fingerprint density at radius 3 is 2.71 bits per heavy atom. The van der Waals surface area contributed by atoms with Crippen LogP contribution in [-0.2, 0) is 6.61 Å². The molecule has 144 valence electrons. The Morgan fingerprint density at radius 1 is 1.21 bits per heavy atom. The number of benzene rings is 2. The Balaban J connectivity index is 1.57. The molecule has 0 aromatic heterocycles. The van der Waals surface area contributed by atoms with Crippen molar-refractivity contribution in [3.05, 3.63) is 81.6 Å². The van der Waals surface area contributed by atoms with Crippen LogP contribution in [0.2, 0.25) is 10.0 Å². The van der Waals surface area contributed by atoms with Crippen LogP contribution in [0.5, 0.6) is 0 Å². The number of halogens is 2. The van der Waals surface area contributed by atoms with Crippen LogP contribution in [0.3, 0.4) is 0 Å². The van der Waals surface area contributed by atoms with Crippen LogP contribution in [0.15, 0.2) is 65.4 Å². The van der Waals surface area contributed by atoms with Crippen molar-refractivity contribution < 1.29 is 5.11 Å². The summed E-state index contributed by atoms with van der Waals surface area (Å²) < 4.78 is 0. The van der Waals surface area contributed by atoms with Crippen LogP contribution in [0.1, 0.15) is 17.5 Å². The van der Waals surface area contributed by atoms with Gasteiger partial charge in [0.1, 0.15) is 6.17 Å². The Labute approximate surface area is 174 Å². The Morgan fingerprint density at radius 2 is 1.96 bits per heavy atom. The number of likely N-dealkylation sites (N-methyl/N-ethyl adjacent to an activating group) is 1. The van der Waals surface area contributed by atoms with Crippen molar-refractivity contribution in [3.8, 4) is 0 Å². The van der Waals surface area contributed by atoms with E-state index in [0.717, 1.165) is 28.0 Å². The quantitative estimate of drug-likeness (QED) is 0.694. The second-order valence-electron chi connectivity index (χ2n) is 6.81. The molecule has 0 saturated carbocycles. The minimum absolute atomic E-state index is 0.00299. The van der Waals surface area contributed by atoms with E-state index in [-0.39, 0.29) is 12.8 Å². The lowest BCUT2D eigenvalue weighted by atomic mass is 9.93. The molecular weight excluding hydrogens is 395 g/mol. The molecule has 1 unspecified atom stereocenters. The third-order valence-electron chi connectivity index (χ3n) is 4.80. The zero-order valence-electron chi connectivity index (χ0n) is 15.3. The Hall–Kier alpha value is -2.47. The molecule has 2 heterocycles. The van der Waals surface area contributed by atoms with E-state index in [1.54, 1.807) is 0 Å². The average Bonchev–Trinajstić information content (AvgIpc) is 2.68. The number of hydrogen-bond donors (Lipinski definition) is 3. The van der Waals surface area contributed by atoms with Gasteiger partial charge in [0.2, 0.25) is 5.96 Å². The van der Waals surface area contributed by atoms with Crippen LogP contribution < -0.4 is 10.6 Å². The number of guanidine groups is 1. The van der Waals surface area contributed by atoms with E-state index < -0.39 is 0 Å². The summed E-state index contributed by atoms with van der Waals surface area (Å²) in [5.41, 5.74) is 4.77. The van der Waals surface area contributed by atoms with E-state index in [0.29, 0.717) is 22.4 Å². The lowest BCUT2D eigenvalue weighted by Gasteiger charge is -2.37. The molecule has 7 heteroatoms. The molecule has 0 saturated heterocycles. The number of allylic oxidation sites excluding steroid dienone is 1. The Kier molecular flexibility index (Phi) is 5.31. The minimum atomic E-state index is -0.00830. The summed E-state index contributed by atoms with van der Waals surface area (Å²) in [6, 6.07) is 13.2. The van der Waals surface area contributed by atoms with Gasteiger partial charge in [-0.3, -0.25) is 0 Å². The monoisotopic (exact) mass is 414 g/mol.